The van der Waals surface area contributed by atoms with Crippen molar-refractivity contribution in [2.24, 2.45) is 0 Å². The van der Waals surface area contributed by atoms with Gasteiger partial charge >= 0.3 is 6.01 Å². The molecule has 0 saturated carbocycles. The number of hydrogen-bond donors (Lipinski definition) is 1. The Balaban J connectivity index is 1.72. The van der Waals surface area contributed by atoms with Crippen LogP contribution in [0.15, 0.2) is 28.7 Å². The summed E-state index contributed by atoms with van der Waals surface area (Å²) in [6.07, 6.45) is 2.21. The number of anilines is 1. The topological polar surface area (TPSA) is 105 Å². The van der Waals surface area contributed by atoms with Gasteiger partial charge in [0.05, 0.1) is 6.26 Å². The molecule has 9 heteroatoms. The van der Waals surface area contributed by atoms with E-state index >= 15 is 0 Å². The van der Waals surface area contributed by atoms with E-state index in [4.69, 9.17) is 4.42 Å². The van der Waals surface area contributed by atoms with Crippen molar-refractivity contribution in [2.75, 3.05) is 18.1 Å². The molecule has 1 aromatic heterocycles. The van der Waals surface area contributed by atoms with Gasteiger partial charge in [-0.05, 0) is 31.9 Å². The fourth-order valence-electron chi connectivity index (χ4n) is 2.67. The average Bonchev–Trinajstić information content (AvgIpc) is 3.16. The molecule has 0 radical (unpaired) electrons. The fraction of sp³-hybridized carbons (Fsp3) is 0.400. The molecule has 128 valence electrons. The lowest BCUT2D eigenvalue weighted by Gasteiger charge is -2.20. The minimum absolute atomic E-state index is 0.0454. The maximum absolute atomic E-state index is 12.3. The number of aromatic nitrogens is 2. The summed E-state index contributed by atoms with van der Waals surface area (Å²) in [5, 5.41) is 10.2. The largest absolute Gasteiger partial charge is 0.403 e. The molecule has 1 aliphatic heterocycles. The third-order valence-corrected chi connectivity index (χ3v) is 5.17. The number of rotatable bonds is 4. The van der Waals surface area contributed by atoms with Gasteiger partial charge in [-0.15, -0.1) is 5.10 Å². The van der Waals surface area contributed by atoms with Crippen molar-refractivity contribution in [3.05, 3.63) is 29.8 Å². The molecular weight excluding hydrogens is 332 g/mol. The Morgan fingerprint density at radius 1 is 1.29 bits per heavy atom. The molecule has 2 heterocycles. The molecule has 0 aliphatic carbocycles. The van der Waals surface area contributed by atoms with Gasteiger partial charge in [0.15, 0.2) is 0 Å². The van der Waals surface area contributed by atoms with Crippen LogP contribution in [-0.2, 0) is 14.8 Å². The fourth-order valence-corrected chi connectivity index (χ4v) is 3.80. The van der Waals surface area contributed by atoms with Gasteiger partial charge < -0.3 is 4.42 Å². The van der Waals surface area contributed by atoms with E-state index in [-0.39, 0.29) is 11.9 Å². The number of carbonyl (C=O) groups is 1. The molecule has 1 saturated heterocycles. The second-order valence-corrected chi connectivity index (χ2v) is 7.73. The number of nitrogens with one attached hydrogen (secondary N) is 1. The molecule has 0 bridgehead atoms. The molecule has 3 rings (SSSR count). The van der Waals surface area contributed by atoms with Crippen LogP contribution in [-0.4, -0.2) is 47.7 Å². The molecule has 1 N–H and O–H groups in total. The van der Waals surface area contributed by atoms with E-state index in [1.54, 1.807) is 0 Å². The molecule has 1 fully saturated rings. The number of benzene rings is 1. The zero-order valence-electron chi connectivity index (χ0n) is 13.4. The summed E-state index contributed by atoms with van der Waals surface area (Å²) in [6, 6.07) is 6.74. The Hall–Kier alpha value is -2.26. The van der Waals surface area contributed by atoms with Gasteiger partial charge in [-0.1, -0.05) is 22.8 Å². The lowest BCUT2D eigenvalue weighted by Crippen LogP contribution is -2.42. The summed E-state index contributed by atoms with van der Waals surface area (Å²) in [4.78, 5) is 12.3. The smallest absolute Gasteiger partial charge is 0.322 e. The summed E-state index contributed by atoms with van der Waals surface area (Å²) >= 11 is 0. The Morgan fingerprint density at radius 2 is 2.00 bits per heavy atom. The Morgan fingerprint density at radius 3 is 2.67 bits per heavy atom. The molecule has 1 aromatic carbocycles. The molecule has 1 amide bonds. The highest BCUT2D eigenvalue weighted by molar-refractivity contribution is 7.88. The van der Waals surface area contributed by atoms with Gasteiger partial charge in [-0.25, -0.2) is 8.42 Å². The second kappa shape index (κ2) is 6.33. The molecule has 2 aromatic rings. The maximum Gasteiger partial charge on any atom is 0.322 e. The van der Waals surface area contributed by atoms with Crippen LogP contribution in [0.3, 0.4) is 0 Å². The van der Waals surface area contributed by atoms with Crippen molar-refractivity contribution in [1.29, 1.82) is 0 Å². The van der Waals surface area contributed by atoms with E-state index in [1.165, 1.54) is 4.31 Å². The van der Waals surface area contributed by atoms with Crippen molar-refractivity contribution in [3.8, 4) is 11.5 Å². The number of amides is 1. The summed E-state index contributed by atoms with van der Waals surface area (Å²) in [5.74, 6) is -0.172. The summed E-state index contributed by atoms with van der Waals surface area (Å²) in [7, 11) is -3.43. The van der Waals surface area contributed by atoms with Gasteiger partial charge in [-0.3, -0.25) is 10.1 Å². The van der Waals surface area contributed by atoms with Crippen LogP contribution in [0.4, 0.5) is 6.01 Å². The zero-order chi connectivity index (χ0) is 17.3. The number of aryl methyl sites for hydroxylation is 1. The number of carbonyl (C=O) groups excluding carboxylic acids is 1. The molecule has 1 aliphatic rings. The standard InChI is InChI=1S/C15H18N4O4S/c1-10-5-7-11(8-6-10)14-17-18-15(23-14)16-13(20)12-4-3-9-19(12)24(2,21)22/h5-8,12H,3-4,9H2,1-2H3,(H,16,18,20)/t12-/m1/s1. The zero-order valence-corrected chi connectivity index (χ0v) is 14.2. The Kier molecular flexibility index (Phi) is 4.37. The Bertz CT molecular complexity index is 845. The Labute approximate surface area is 139 Å². The van der Waals surface area contributed by atoms with Crippen molar-refractivity contribution in [1.82, 2.24) is 14.5 Å². The predicted molar refractivity (Wildman–Crippen MR) is 87.7 cm³/mol. The minimum Gasteiger partial charge on any atom is -0.403 e. The van der Waals surface area contributed by atoms with Crippen molar-refractivity contribution >= 4 is 21.9 Å². The van der Waals surface area contributed by atoms with Gasteiger partial charge in [0.1, 0.15) is 6.04 Å². The first-order valence-electron chi connectivity index (χ1n) is 7.53. The third-order valence-electron chi connectivity index (χ3n) is 3.89. The van der Waals surface area contributed by atoms with Crippen LogP contribution in [0.2, 0.25) is 0 Å². The SMILES string of the molecule is Cc1ccc(-c2nnc(NC(=O)[C@H]3CCCN3S(C)(=O)=O)o2)cc1. The quantitative estimate of drug-likeness (QED) is 0.894. The number of sulfonamides is 1. The molecule has 0 unspecified atom stereocenters. The van der Waals surface area contributed by atoms with Crippen LogP contribution in [0.1, 0.15) is 18.4 Å². The van der Waals surface area contributed by atoms with Crippen molar-refractivity contribution in [2.45, 2.75) is 25.8 Å². The monoisotopic (exact) mass is 350 g/mol. The first-order valence-corrected chi connectivity index (χ1v) is 9.37. The van der Waals surface area contributed by atoms with Gasteiger partial charge in [0.2, 0.25) is 21.8 Å². The highest BCUT2D eigenvalue weighted by Gasteiger charge is 2.36. The van der Waals surface area contributed by atoms with Crippen LogP contribution in [0.25, 0.3) is 11.5 Å². The van der Waals surface area contributed by atoms with Gasteiger partial charge in [0, 0.05) is 12.1 Å². The van der Waals surface area contributed by atoms with Crippen LogP contribution >= 0.6 is 0 Å². The minimum atomic E-state index is -3.43. The second-order valence-electron chi connectivity index (χ2n) is 5.80. The number of nitrogens with zero attached hydrogens (tertiary/aromatic N) is 3. The molecule has 8 nitrogen and oxygen atoms in total. The normalized spacial score (nSPS) is 18.7. The van der Waals surface area contributed by atoms with E-state index in [0.717, 1.165) is 17.4 Å². The third kappa shape index (κ3) is 3.46. The summed E-state index contributed by atoms with van der Waals surface area (Å²) in [5.41, 5.74) is 1.85. The predicted octanol–water partition coefficient (Wildman–Crippen LogP) is 1.41. The molecular formula is C15H18N4O4S. The summed E-state index contributed by atoms with van der Waals surface area (Å²) in [6.45, 7) is 2.31. The molecule has 1 atom stereocenters. The van der Waals surface area contributed by atoms with Crippen LogP contribution < -0.4 is 5.32 Å². The first kappa shape index (κ1) is 16.6. The van der Waals surface area contributed by atoms with E-state index in [0.29, 0.717) is 19.4 Å². The first-order chi connectivity index (χ1) is 11.3. The highest BCUT2D eigenvalue weighted by atomic mass is 32.2. The lowest BCUT2D eigenvalue weighted by molar-refractivity contribution is -0.119. The van der Waals surface area contributed by atoms with Crippen molar-refractivity contribution in [3.63, 3.8) is 0 Å². The number of hydrogen-bond acceptors (Lipinski definition) is 6. The van der Waals surface area contributed by atoms with E-state index in [9.17, 15) is 13.2 Å². The highest BCUT2D eigenvalue weighted by Crippen LogP contribution is 2.23. The molecule has 24 heavy (non-hydrogen) atoms. The van der Waals surface area contributed by atoms with Crippen LogP contribution in [0, 0.1) is 6.92 Å². The van der Waals surface area contributed by atoms with Crippen LogP contribution in [0.5, 0.6) is 0 Å². The van der Waals surface area contributed by atoms with Gasteiger partial charge in [-0.2, -0.15) is 4.31 Å². The van der Waals surface area contributed by atoms with Gasteiger partial charge in [0.25, 0.3) is 0 Å². The van der Waals surface area contributed by atoms with Crippen molar-refractivity contribution < 1.29 is 17.6 Å². The van der Waals surface area contributed by atoms with E-state index in [1.807, 2.05) is 31.2 Å². The van der Waals surface area contributed by atoms with E-state index < -0.39 is 22.0 Å². The maximum atomic E-state index is 12.3. The molecule has 0 spiro atoms. The average molecular weight is 350 g/mol. The summed E-state index contributed by atoms with van der Waals surface area (Å²) < 4.78 is 30.1. The lowest BCUT2D eigenvalue weighted by atomic mass is 10.1. The van der Waals surface area contributed by atoms with E-state index in [2.05, 4.69) is 15.5 Å².